The van der Waals surface area contributed by atoms with Crippen molar-refractivity contribution in [3.63, 3.8) is 0 Å². The highest BCUT2D eigenvalue weighted by atomic mass is 32.1. The molecule has 1 aromatic rings. The summed E-state index contributed by atoms with van der Waals surface area (Å²) >= 11 is 3.94. The Kier molecular flexibility index (Phi) is 4.80. The molecular weight excluding hydrogens is 225 g/mol. The van der Waals surface area contributed by atoms with Crippen LogP contribution in [0.2, 0.25) is 0 Å². The Hall–Kier alpha value is -1.03. The number of amides is 1. The van der Waals surface area contributed by atoms with Gasteiger partial charge in [0.15, 0.2) is 0 Å². The van der Waals surface area contributed by atoms with Crippen LogP contribution in [-0.2, 0) is 0 Å². The molecule has 0 unspecified atom stereocenters. The number of halogens is 1. The first-order valence-electron chi connectivity index (χ1n) is 5.37. The summed E-state index contributed by atoms with van der Waals surface area (Å²) < 4.78 is 12.9. The summed E-state index contributed by atoms with van der Waals surface area (Å²) in [6.45, 7) is 4.03. The van der Waals surface area contributed by atoms with Gasteiger partial charge in [-0.2, -0.15) is 0 Å². The van der Waals surface area contributed by atoms with E-state index in [9.17, 15) is 9.18 Å². The smallest absolute Gasteiger partial charge is 0.251 e. The molecule has 1 amide bonds. The highest BCUT2D eigenvalue weighted by Crippen LogP contribution is 2.14. The van der Waals surface area contributed by atoms with Crippen LogP contribution in [0.4, 0.5) is 4.39 Å². The van der Waals surface area contributed by atoms with Crippen LogP contribution >= 0.6 is 12.6 Å². The molecule has 88 valence electrons. The number of benzene rings is 1. The minimum atomic E-state index is -0.414. The van der Waals surface area contributed by atoms with Gasteiger partial charge in [0.25, 0.3) is 5.91 Å². The fraction of sp³-hybridized carbons (Fsp3) is 0.417. The third kappa shape index (κ3) is 3.23. The van der Waals surface area contributed by atoms with Gasteiger partial charge in [-0.3, -0.25) is 4.79 Å². The Balaban J connectivity index is 2.76. The van der Waals surface area contributed by atoms with Crippen molar-refractivity contribution in [1.29, 1.82) is 0 Å². The maximum atomic E-state index is 12.9. The molecule has 16 heavy (non-hydrogen) atoms. The van der Waals surface area contributed by atoms with Crippen molar-refractivity contribution in [2.45, 2.75) is 37.6 Å². The van der Waals surface area contributed by atoms with E-state index < -0.39 is 5.82 Å². The van der Waals surface area contributed by atoms with Crippen molar-refractivity contribution in [1.82, 2.24) is 5.32 Å². The molecule has 0 saturated heterocycles. The van der Waals surface area contributed by atoms with E-state index in [1.54, 1.807) is 0 Å². The van der Waals surface area contributed by atoms with Gasteiger partial charge in [-0.25, -0.2) is 4.39 Å². The van der Waals surface area contributed by atoms with E-state index >= 15 is 0 Å². The third-order valence-electron chi connectivity index (χ3n) is 2.53. The minimum absolute atomic E-state index is 0.168. The average molecular weight is 241 g/mol. The lowest BCUT2D eigenvalue weighted by molar-refractivity contribution is 0.0934. The summed E-state index contributed by atoms with van der Waals surface area (Å²) in [5, 5.41) is 2.88. The van der Waals surface area contributed by atoms with Gasteiger partial charge in [-0.05, 0) is 31.0 Å². The second-order valence-corrected chi connectivity index (χ2v) is 4.13. The van der Waals surface area contributed by atoms with Crippen LogP contribution in [0, 0.1) is 5.82 Å². The van der Waals surface area contributed by atoms with Crippen molar-refractivity contribution in [2.75, 3.05) is 0 Å². The molecule has 0 radical (unpaired) electrons. The third-order valence-corrected chi connectivity index (χ3v) is 2.87. The standard InChI is InChI=1S/C12H16FNOS/c1-3-9(4-2)14-12(15)8-5-6-10(13)11(16)7-8/h5-7,9,16H,3-4H2,1-2H3,(H,14,15). The second-order valence-electron chi connectivity index (χ2n) is 3.65. The first kappa shape index (κ1) is 13.0. The Morgan fingerprint density at radius 3 is 2.56 bits per heavy atom. The zero-order valence-electron chi connectivity index (χ0n) is 9.46. The van der Waals surface area contributed by atoms with Crippen molar-refractivity contribution >= 4 is 18.5 Å². The van der Waals surface area contributed by atoms with Crippen LogP contribution in [0.15, 0.2) is 23.1 Å². The lowest BCUT2D eigenvalue weighted by Crippen LogP contribution is -2.33. The largest absolute Gasteiger partial charge is 0.349 e. The number of hydrogen-bond donors (Lipinski definition) is 2. The summed E-state index contributed by atoms with van der Waals surface area (Å²) in [6, 6.07) is 4.33. The zero-order chi connectivity index (χ0) is 12.1. The molecule has 0 atom stereocenters. The van der Waals surface area contributed by atoms with Crippen LogP contribution in [0.1, 0.15) is 37.0 Å². The SMILES string of the molecule is CCC(CC)NC(=O)c1ccc(F)c(S)c1. The summed E-state index contributed by atoms with van der Waals surface area (Å²) in [4.78, 5) is 12.0. The Morgan fingerprint density at radius 2 is 2.06 bits per heavy atom. The predicted molar refractivity (Wildman–Crippen MR) is 65.5 cm³/mol. The van der Waals surface area contributed by atoms with Gasteiger partial charge in [-0.15, -0.1) is 12.6 Å². The minimum Gasteiger partial charge on any atom is -0.349 e. The van der Waals surface area contributed by atoms with Crippen LogP contribution in [0.25, 0.3) is 0 Å². The molecule has 0 saturated carbocycles. The van der Waals surface area contributed by atoms with Crippen LogP contribution in [-0.4, -0.2) is 11.9 Å². The molecule has 0 aliphatic heterocycles. The Bertz CT molecular complexity index is 377. The van der Waals surface area contributed by atoms with Gasteiger partial charge in [-0.1, -0.05) is 13.8 Å². The van der Waals surface area contributed by atoms with Gasteiger partial charge in [0.05, 0.1) is 0 Å². The van der Waals surface area contributed by atoms with Gasteiger partial charge >= 0.3 is 0 Å². The molecule has 0 spiro atoms. The van der Waals surface area contributed by atoms with Crippen molar-refractivity contribution < 1.29 is 9.18 Å². The van der Waals surface area contributed by atoms with Crippen molar-refractivity contribution in [3.05, 3.63) is 29.6 Å². The summed E-state index contributed by atoms with van der Waals surface area (Å²) in [5.41, 5.74) is 0.443. The van der Waals surface area contributed by atoms with E-state index in [1.165, 1.54) is 18.2 Å². The number of hydrogen-bond acceptors (Lipinski definition) is 2. The van der Waals surface area contributed by atoms with Gasteiger partial charge in [0.1, 0.15) is 5.82 Å². The molecular formula is C12H16FNOS. The van der Waals surface area contributed by atoms with Crippen molar-refractivity contribution in [2.24, 2.45) is 0 Å². The molecule has 1 N–H and O–H groups in total. The number of thiol groups is 1. The fourth-order valence-corrected chi connectivity index (χ4v) is 1.63. The number of rotatable bonds is 4. The molecule has 4 heteroatoms. The van der Waals surface area contributed by atoms with E-state index in [0.717, 1.165) is 12.8 Å². The van der Waals surface area contributed by atoms with Gasteiger partial charge < -0.3 is 5.32 Å². The molecule has 1 aromatic carbocycles. The quantitative estimate of drug-likeness (QED) is 0.779. The molecule has 0 aliphatic rings. The Morgan fingerprint density at radius 1 is 1.44 bits per heavy atom. The molecule has 2 nitrogen and oxygen atoms in total. The maximum Gasteiger partial charge on any atom is 0.251 e. The predicted octanol–water partition coefficient (Wildman–Crippen LogP) is 3.03. The zero-order valence-corrected chi connectivity index (χ0v) is 10.4. The highest BCUT2D eigenvalue weighted by Gasteiger charge is 2.11. The Labute approximate surface area is 101 Å². The maximum absolute atomic E-state index is 12.9. The number of carbonyl (C=O) groups excluding carboxylic acids is 1. The summed E-state index contributed by atoms with van der Waals surface area (Å²) in [5.74, 6) is -0.591. The summed E-state index contributed by atoms with van der Waals surface area (Å²) in [6.07, 6.45) is 1.77. The summed E-state index contributed by atoms with van der Waals surface area (Å²) in [7, 11) is 0. The lowest BCUT2D eigenvalue weighted by Gasteiger charge is -2.14. The molecule has 0 aliphatic carbocycles. The van der Waals surface area contributed by atoms with Crippen LogP contribution in [0.3, 0.4) is 0 Å². The fourth-order valence-electron chi connectivity index (χ4n) is 1.42. The molecule has 1 rings (SSSR count). The van der Waals surface area contributed by atoms with Gasteiger partial charge in [0.2, 0.25) is 0 Å². The first-order chi connectivity index (χ1) is 7.58. The topological polar surface area (TPSA) is 29.1 Å². The van der Waals surface area contributed by atoms with Gasteiger partial charge in [0, 0.05) is 16.5 Å². The number of carbonyl (C=O) groups is 1. The monoisotopic (exact) mass is 241 g/mol. The lowest BCUT2D eigenvalue weighted by atomic mass is 10.1. The highest BCUT2D eigenvalue weighted by molar-refractivity contribution is 7.80. The van der Waals surface area contributed by atoms with E-state index in [4.69, 9.17) is 0 Å². The normalized spacial score (nSPS) is 10.6. The van der Waals surface area contributed by atoms with E-state index in [-0.39, 0.29) is 16.8 Å². The molecule has 0 heterocycles. The van der Waals surface area contributed by atoms with E-state index in [2.05, 4.69) is 17.9 Å². The number of nitrogens with one attached hydrogen (secondary N) is 1. The second kappa shape index (κ2) is 5.89. The first-order valence-corrected chi connectivity index (χ1v) is 5.82. The molecule has 0 aromatic heterocycles. The van der Waals surface area contributed by atoms with Crippen LogP contribution < -0.4 is 5.32 Å². The van der Waals surface area contributed by atoms with E-state index in [1.807, 2.05) is 13.8 Å². The molecule has 0 bridgehead atoms. The van der Waals surface area contributed by atoms with Crippen molar-refractivity contribution in [3.8, 4) is 0 Å². The molecule has 0 fully saturated rings. The van der Waals surface area contributed by atoms with E-state index in [0.29, 0.717) is 5.56 Å². The average Bonchev–Trinajstić information content (AvgIpc) is 2.29. The van der Waals surface area contributed by atoms with Crippen LogP contribution in [0.5, 0.6) is 0 Å².